The van der Waals surface area contributed by atoms with Gasteiger partial charge in [-0.25, -0.2) is 15.0 Å². The van der Waals surface area contributed by atoms with Gasteiger partial charge in [0.2, 0.25) is 0 Å². The molecule has 2 aromatic rings. The lowest BCUT2D eigenvalue weighted by Crippen LogP contribution is -2.13. The lowest BCUT2D eigenvalue weighted by atomic mass is 10.2. The highest BCUT2D eigenvalue weighted by molar-refractivity contribution is 6.38. The van der Waals surface area contributed by atoms with Crippen molar-refractivity contribution in [2.45, 2.75) is 0 Å². The van der Waals surface area contributed by atoms with E-state index < -0.39 is 5.91 Å². The lowest BCUT2D eigenvalue weighted by Gasteiger charge is -2.07. The van der Waals surface area contributed by atoms with Gasteiger partial charge in [0.25, 0.3) is 5.91 Å². The van der Waals surface area contributed by atoms with Crippen molar-refractivity contribution in [1.82, 2.24) is 15.0 Å². The third-order valence-corrected chi connectivity index (χ3v) is 2.78. The van der Waals surface area contributed by atoms with Crippen molar-refractivity contribution < 1.29 is 4.79 Å². The van der Waals surface area contributed by atoms with Crippen LogP contribution in [0, 0.1) is 0 Å². The Balaban J connectivity index is 2.24. The number of aromatic nitrogens is 3. The molecule has 0 saturated heterocycles. The van der Waals surface area contributed by atoms with Gasteiger partial charge < -0.3 is 5.32 Å². The number of pyridine rings is 1. The SMILES string of the molecule is O=C(Nc1c(Cl)ncnc1Cl)c1ccc(Cl)nc1. The fourth-order valence-electron chi connectivity index (χ4n) is 1.14. The molecule has 2 aromatic heterocycles. The molecule has 1 N–H and O–H groups in total. The van der Waals surface area contributed by atoms with Gasteiger partial charge in [0, 0.05) is 6.20 Å². The number of hydrogen-bond donors (Lipinski definition) is 1. The molecule has 0 atom stereocenters. The molecule has 2 heterocycles. The molecular weight excluding hydrogens is 298 g/mol. The van der Waals surface area contributed by atoms with E-state index in [2.05, 4.69) is 20.3 Å². The van der Waals surface area contributed by atoms with E-state index in [1.165, 1.54) is 24.7 Å². The topological polar surface area (TPSA) is 67.8 Å². The van der Waals surface area contributed by atoms with Gasteiger partial charge in [0.15, 0.2) is 10.3 Å². The van der Waals surface area contributed by atoms with E-state index in [4.69, 9.17) is 34.8 Å². The van der Waals surface area contributed by atoms with Crippen LogP contribution >= 0.6 is 34.8 Å². The maximum Gasteiger partial charge on any atom is 0.257 e. The van der Waals surface area contributed by atoms with Gasteiger partial charge in [-0.2, -0.15) is 0 Å². The van der Waals surface area contributed by atoms with Crippen molar-refractivity contribution in [3.63, 3.8) is 0 Å². The predicted molar refractivity (Wildman–Crippen MR) is 69.3 cm³/mol. The maximum atomic E-state index is 11.9. The van der Waals surface area contributed by atoms with Crippen LogP contribution in [0.2, 0.25) is 15.5 Å². The predicted octanol–water partition coefficient (Wildman–Crippen LogP) is 3.08. The van der Waals surface area contributed by atoms with Crippen molar-refractivity contribution in [1.29, 1.82) is 0 Å². The summed E-state index contributed by atoms with van der Waals surface area (Å²) in [4.78, 5) is 23.1. The number of nitrogens with one attached hydrogen (secondary N) is 1. The molecule has 0 aliphatic heterocycles. The molecule has 18 heavy (non-hydrogen) atoms. The van der Waals surface area contributed by atoms with E-state index in [-0.39, 0.29) is 16.0 Å². The Hall–Kier alpha value is -1.43. The fourth-order valence-corrected chi connectivity index (χ4v) is 1.66. The number of nitrogens with zero attached hydrogens (tertiary/aromatic N) is 3. The van der Waals surface area contributed by atoms with Gasteiger partial charge in [-0.3, -0.25) is 4.79 Å². The van der Waals surface area contributed by atoms with Gasteiger partial charge >= 0.3 is 0 Å². The standard InChI is InChI=1S/C10H5Cl3N4O/c11-6-2-1-5(3-14-6)10(18)17-7-8(12)15-4-16-9(7)13/h1-4H,(H,17,18). The van der Waals surface area contributed by atoms with Gasteiger partial charge in [-0.05, 0) is 12.1 Å². The number of rotatable bonds is 2. The first-order chi connectivity index (χ1) is 8.58. The number of anilines is 1. The van der Waals surface area contributed by atoms with Gasteiger partial charge in [0.1, 0.15) is 17.2 Å². The summed E-state index contributed by atoms with van der Waals surface area (Å²) in [6.45, 7) is 0. The molecule has 2 rings (SSSR count). The molecule has 0 radical (unpaired) electrons. The largest absolute Gasteiger partial charge is 0.317 e. The molecule has 0 fully saturated rings. The summed E-state index contributed by atoms with van der Waals surface area (Å²) in [5.74, 6) is -0.433. The second kappa shape index (κ2) is 5.48. The van der Waals surface area contributed by atoms with Crippen LogP contribution in [0.3, 0.4) is 0 Å². The molecule has 0 unspecified atom stereocenters. The van der Waals surface area contributed by atoms with Crippen LogP contribution in [0.15, 0.2) is 24.7 Å². The first kappa shape index (κ1) is 13.0. The van der Waals surface area contributed by atoms with Crippen LogP contribution in [0.5, 0.6) is 0 Å². The quantitative estimate of drug-likeness (QED) is 0.684. The molecule has 0 aromatic carbocycles. The summed E-state index contributed by atoms with van der Waals surface area (Å²) in [6, 6.07) is 3.03. The van der Waals surface area contributed by atoms with Crippen LogP contribution in [0.4, 0.5) is 5.69 Å². The first-order valence-electron chi connectivity index (χ1n) is 4.67. The second-order valence-corrected chi connectivity index (χ2v) is 4.26. The zero-order valence-electron chi connectivity index (χ0n) is 8.69. The summed E-state index contributed by atoms with van der Waals surface area (Å²) in [7, 11) is 0. The highest BCUT2D eigenvalue weighted by Gasteiger charge is 2.13. The molecule has 0 saturated carbocycles. The van der Waals surface area contributed by atoms with Gasteiger partial charge in [0.05, 0.1) is 5.56 Å². The van der Waals surface area contributed by atoms with Crippen LogP contribution in [0.25, 0.3) is 0 Å². The minimum atomic E-state index is -0.433. The van der Waals surface area contributed by atoms with Crippen LogP contribution in [-0.4, -0.2) is 20.9 Å². The van der Waals surface area contributed by atoms with Crippen LogP contribution in [-0.2, 0) is 0 Å². The van der Waals surface area contributed by atoms with E-state index in [1.807, 2.05) is 0 Å². The summed E-state index contributed by atoms with van der Waals surface area (Å²) in [5.41, 5.74) is 0.469. The Morgan fingerprint density at radius 3 is 2.28 bits per heavy atom. The molecular formula is C10H5Cl3N4O. The Kier molecular flexibility index (Phi) is 3.96. The van der Waals surface area contributed by atoms with Crippen molar-refractivity contribution in [2.75, 3.05) is 5.32 Å². The molecule has 0 bridgehead atoms. The molecule has 0 aliphatic carbocycles. The fraction of sp³-hybridized carbons (Fsp3) is 0. The van der Waals surface area contributed by atoms with E-state index in [0.29, 0.717) is 10.7 Å². The highest BCUT2D eigenvalue weighted by Crippen LogP contribution is 2.26. The maximum absolute atomic E-state index is 11.9. The average Bonchev–Trinajstić information content (AvgIpc) is 2.34. The minimum Gasteiger partial charge on any atom is -0.317 e. The van der Waals surface area contributed by atoms with E-state index in [1.54, 1.807) is 0 Å². The minimum absolute atomic E-state index is 0.0604. The average molecular weight is 304 g/mol. The number of halogens is 3. The normalized spacial score (nSPS) is 10.2. The van der Waals surface area contributed by atoms with E-state index in [0.717, 1.165) is 0 Å². The molecule has 0 aliphatic rings. The Morgan fingerprint density at radius 1 is 1.06 bits per heavy atom. The smallest absolute Gasteiger partial charge is 0.257 e. The lowest BCUT2D eigenvalue weighted by molar-refractivity contribution is 0.102. The van der Waals surface area contributed by atoms with E-state index in [9.17, 15) is 4.79 Å². The summed E-state index contributed by atoms with van der Waals surface area (Å²) in [6.07, 6.45) is 2.54. The Labute approximate surface area is 117 Å². The molecule has 1 amide bonds. The number of carbonyl (C=O) groups is 1. The number of hydrogen-bond acceptors (Lipinski definition) is 4. The third-order valence-electron chi connectivity index (χ3n) is 1.98. The monoisotopic (exact) mass is 302 g/mol. The summed E-state index contributed by atoms with van der Waals surface area (Å²) >= 11 is 17.2. The number of amides is 1. The molecule has 8 heteroatoms. The van der Waals surface area contributed by atoms with Crippen LogP contribution < -0.4 is 5.32 Å². The molecule has 92 valence electrons. The van der Waals surface area contributed by atoms with Crippen molar-refractivity contribution in [3.05, 3.63) is 45.7 Å². The second-order valence-electron chi connectivity index (χ2n) is 3.15. The van der Waals surface area contributed by atoms with Crippen LogP contribution in [0.1, 0.15) is 10.4 Å². The summed E-state index contributed by atoms with van der Waals surface area (Å²) < 4.78 is 0. The van der Waals surface area contributed by atoms with E-state index >= 15 is 0 Å². The van der Waals surface area contributed by atoms with Gasteiger partial charge in [-0.15, -0.1) is 0 Å². The molecule has 0 spiro atoms. The first-order valence-corrected chi connectivity index (χ1v) is 5.80. The summed E-state index contributed by atoms with van der Waals surface area (Å²) in [5, 5.41) is 2.92. The van der Waals surface area contributed by atoms with Crippen molar-refractivity contribution in [3.8, 4) is 0 Å². The zero-order chi connectivity index (χ0) is 13.1. The zero-order valence-corrected chi connectivity index (χ0v) is 11.0. The van der Waals surface area contributed by atoms with Crippen molar-refractivity contribution >= 4 is 46.4 Å². The molecule has 5 nitrogen and oxygen atoms in total. The number of carbonyl (C=O) groups excluding carboxylic acids is 1. The van der Waals surface area contributed by atoms with Gasteiger partial charge in [-0.1, -0.05) is 34.8 Å². The highest BCUT2D eigenvalue weighted by atomic mass is 35.5. The van der Waals surface area contributed by atoms with Crippen molar-refractivity contribution in [2.24, 2.45) is 0 Å². The third kappa shape index (κ3) is 2.87. The Bertz CT molecular complexity index is 568. The Morgan fingerprint density at radius 2 is 1.72 bits per heavy atom.